The summed E-state index contributed by atoms with van der Waals surface area (Å²) in [5.41, 5.74) is -0.545. The molecule has 1 amide bonds. The Kier molecular flexibility index (Phi) is 3.53. The van der Waals surface area contributed by atoms with Gasteiger partial charge in [-0.25, -0.2) is 0 Å². The van der Waals surface area contributed by atoms with Gasteiger partial charge in [-0.05, 0) is 44.1 Å². The molecule has 2 spiro atoms. The molecule has 1 heterocycles. The molecule has 4 rings (SSSR count). The standard InChI is InChI=1S/C20H27NO2/c22-17-18(11-4-5-12-18)20(23,19(21-17)13-6-7-14-19)15-10-16-8-2-1-3-9-16/h1-3,8-9,23H,4-7,10-15H2,(H,21,22). The van der Waals surface area contributed by atoms with Crippen molar-refractivity contribution in [1.29, 1.82) is 0 Å². The fraction of sp³-hybridized carbons (Fsp3) is 0.650. The van der Waals surface area contributed by atoms with Crippen LogP contribution < -0.4 is 5.32 Å². The number of hydrogen-bond donors (Lipinski definition) is 2. The van der Waals surface area contributed by atoms with Crippen LogP contribution in [0.3, 0.4) is 0 Å². The lowest BCUT2D eigenvalue weighted by Crippen LogP contribution is -2.59. The zero-order valence-corrected chi connectivity index (χ0v) is 13.8. The highest BCUT2D eigenvalue weighted by atomic mass is 16.3. The van der Waals surface area contributed by atoms with Crippen molar-refractivity contribution in [2.24, 2.45) is 5.41 Å². The van der Waals surface area contributed by atoms with E-state index in [-0.39, 0.29) is 11.4 Å². The second kappa shape index (κ2) is 5.34. The molecule has 3 heteroatoms. The fourth-order valence-electron chi connectivity index (χ4n) is 5.67. The van der Waals surface area contributed by atoms with Gasteiger partial charge in [-0.15, -0.1) is 0 Å². The van der Waals surface area contributed by atoms with Crippen LogP contribution in [0.1, 0.15) is 63.4 Å². The molecule has 3 aliphatic rings. The highest BCUT2D eigenvalue weighted by Gasteiger charge is 2.71. The molecule has 0 bridgehead atoms. The fourth-order valence-corrected chi connectivity index (χ4v) is 5.67. The van der Waals surface area contributed by atoms with Gasteiger partial charge in [0, 0.05) is 0 Å². The monoisotopic (exact) mass is 313 g/mol. The Morgan fingerprint density at radius 3 is 2.22 bits per heavy atom. The minimum absolute atomic E-state index is 0.132. The van der Waals surface area contributed by atoms with Crippen LogP contribution in [0.4, 0.5) is 0 Å². The maximum absolute atomic E-state index is 12.9. The number of nitrogens with one attached hydrogen (secondary N) is 1. The van der Waals surface area contributed by atoms with Crippen molar-refractivity contribution in [2.75, 3.05) is 0 Å². The summed E-state index contributed by atoms with van der Waals surface area (Å²) < 4.78 is 0. The van der Waals surface area contributed by atoms with E-state index in [1.54, 1.807) is 0 Å². The molecule has 1 saturated heterocycles. The lowest BCUT2D eigenvalue weighted by molar-refractivity contribution is -0.142. The van der Waals surface area contributed by atoms with Crippen molar-refractivity contribution in [3.8, 4) is 0 Å². The van der Waals surface area contributed by atoms with Crippen molar-refractivity contribution in [3.63, 3.8) is 0 Å². The van der Waals surface area contributed by atoms with E-state index in [9.17, 15) is 9.90 Å². The number of aryl methyl sites for hydroxylation is 1. The van der Waals surface area contributed by atoms with Crippen molar-refractivity contribution in [2.45, 2.75) is 75.3 Å². The van der Waals surface area contributed by atoms with E-state index in [2.05, 4.69) is 17.4 Å². The molecule has 2 aliphatic carbocycles. The van der Waals surface area contributed by atoms with Crippen molar-refractivity contribution in [1.82, 2.24) is 5.32 Å². The molecule has 1 aromatic rings. The first-order chi connectivity index (χ1) is 11.1. The van der Waals surface area contributed by atoms with Gasteiger partial charge in [-0.2, -0.15) is 0 Å². The Bertz CT molecular complexity index is 585. The molecule has 1 aromatic carbocycles. The lowest BCUT2D eigenvalue weighted by Gasteiger charge is -2.46. The molecular formula is C20H27NO2. The van der Waals surface area contributed by atoms with Crippen LogP contribution in [0, 0.1) is 5.41 Å². The minimum atomic E-state index is -0.889. The SMILES string of the molecule is O=C1NC2(CCCC2)C(O)(CCc2ccccc2)C12CCCC2. The summed E-state index contributed by atoms with van der Waals surface area (Å²) in [5.74, 6) is 0.132. The largest absolute Gasteiger partial charge is 0.386 e. The Morgan fingerprint density at radius 2 is 1.57 bits per heavy atom. The number of hydrogen-bond acceptors (Lipinski definition) is 2. The second-order valence-electron chi connectivity index (χ2n) is 7.88. The van der Waals surface area contributed by atoms with E-state index in [4.69, 9.17) is 0 Å². The van der Waals surface area contributed by atoms with Crippen LogP contribution in [-0.2, 0) is 11.2 Å². The smallest absolute Gasteiger partial charge is 0.229 e. The Morgan fingerprint density at radius 1 is 0.957 bits per heavy atom. The predicted octanol–water partition coefficient (Wildman–Crippen LogP) is 3.35. The quantitative estimate of drug-likeness (QED) is 0.899. The zero-order valence-electron chi connectivity index (χ0n) is 13.8. The number of amides is 1. The summed E-state index contributed by atoms with van der Waals surface area (Å²) in [5, 5.41) is 15.2. The average Bonchev–Trinajstić information content (AvgIpc) is 3.27. The van der Waals surface area contributed by atoms with Gasteiger partial charge in [0.1, 0.15) is 5.60 Å². The van der Waals surface area contributed by atoms with Gasteiger partial charge in [0.2, 0.25) is 5.91 Å². The van der Waals surface area contributed by atoms with Gasteiger partial charge >= 0.3 is 0 Å². The summed E-state index contributed by atoms with van der Waals surface area (Å²) in [6, 6.07) is 10.4. The molecule has 3 fully saturated rings. The highest BCUT2D eigenvalue weighted by Crippen LogP contribution is 2.60. The van der Waals surface area contributed by atoms with Crippen molar-refractivity contribution < 1.29 is 9.90 Å². The molecular weight excluding hydrogens is 286 g/mol. The van der Waals surface area contributed by atoms with Gasteiger partial charge < -0.3 is 10.4 Å². The number of carbonyl (C=O) groups excluding carboxylic acids is 1. The third-order valence-corrected chi connectivity index (χ3v) is 6.90. The third kappa shape index (κ3) is 2.02. The van der Waals surface area contributed by atoms with Gasteiger partial charge in [-0.1, -0.05) is 56.0 Å². The van der Waals surface area contributed by atoms with Gasteiger partial charge in [0.15, 0.2) is 0 Å². The summed E-state index contributed by atoms with van der Waals surface area (Å²) in [6.07, 6.45) is 9.48. The third-order valence-electron chi connectivity index (χ3n) is 6.90. The topological polar surface area (TPSA) is 49.3 Å². The van der Waals surface area contributed by atoms with Crippen LogP contribution in [0.2, 0.25) is 0 Å². The Hall–Kier alpha value is -1.35. The Labute approximate surface area is 138 Å². The maximum Gasteiger partial charge on any atom is 0.229 e. The maximum atomic E-state index is 12.9. The summed E-state index contributed by atoms with van der Waals surface area (Å²) in [4.78, 5) is 12.9. The predicted molar refractivity (Wildman–Crippen MR) is 90.0 cm³/mol. The minimum Gasteiger partial charge on any atom is -0.386 e. The molecule has 2 N–H and O–H groups in total. The van der Waals surface area contributed by atoms with Crippen LogP contribution >= 0.6 is 0 Å². The summed E-state index contributed by atoms with van der Waals surface area (Å²) in [6.45, 7) is 0. The van der Waals surface area contributed by atoms with E-state index in [0.717, 1.165) is 57.8 Å². The number of carbonyl (C=O) groups is 1. The number of benzene rings is 1. The molecule has 2 saturated carbocycles. The van der Waals surface area contributed by atoms with E-state index in [0.29, 0.717) is 6.42 Å². The van der Waals surface area contributed by atoms with Crippen LogP contribution in [0.15, 0.2) is 30.3 Å². The molecule has 124 valence electrons. The molecule has 1 atom stereocenters. The summed E-state index contributed by atoms with van der Waals surface area (Å²) in [7, 11) is 0. The van der Waals surface area contributed by atoms with Crippen molar-refractivity contribution >= 4 is 5.91 Å². The number of aliphatic hydroxyl groups is 1. The molecule has 1 unspecified atom stereocenters. The normalized spacial score (nSPS) is 31.1. The van der Waals surface area contributed by atoms with Crippen LogP contribution in [-0.4, -0.2) is 22.2 Å². The van der Waals surface area contributed by atoms with Crippen molar-refractivity contribution in [3.05, 3.63) is 35.9 Å². The first-order valence-corrected chi connectivity index (χ1v) is 9.21. The van der Waals surface area contributed by atoms with Crippen LogP contribution in [0.25, 0.3) is 0 Å². The molecule has 23 heavy (non-hydrogen) atoms. The molecule has 0 aromatic heterocycles. The lowest BCUT2D eigenvalue weighted by atomic mass is 9.62. The first-order valence-electron chi connectivity index (χ1n) is 9.21. The molecule has 1 aliphatic heterocycles. The average molecular weight is 313 g/mol. The van der Waals surface area contributed by atoms with Crippen LogP contribution in [0.5, 0.6) is 0 Å². The van der Waals surface area contributed by atoms with Gasteiger partial charge in [-0.3, -0.25) is 4.79 Å². The van der Waals surface area contributed by atoms with E-state index in [1.165, 1.54) is 5.56 Å². The first kappa shape index (κ1) is 15.2. The Balaban J connectivity index is 1.69. The second-order valence-corrected chi connectivity index (χ2v) is 7.88. The molecule has 3 nitrogen and oxygen atoms in total. The number of rotatable bonds is 3. The van der Waals surface area contributed by atoms with Gasteiger partial charge in [0.05, 0.1) is 11.0 Å². The van der Waals surface area contributed by atoms with E-state index >= 15 is 0 Å². The zero-order chi connectivity index (χ0) is 16.0. The van der Waals surface area contributed by atoms with E-state index in [1.807, 2.05) is 18.2 Å². The van der Waals surface area contributed by atoms with E-state index < -0.39 is 11.0 Å². The highest BCUT2D eigenvalue weighted by molar-refractivity contribution is 5.89. The van der Waals surface area contributed by atoms with Gasteiger partial charge in [0.25, 0.3) is 0 Å². The summed E-state index contributed by atoms with van der Waals surface area (Å²) >= 11 is 0. The molecule has 0 radical (unpaired) electrons.